The van der Waals surface area contributed by atoms with Crippen LogP contribution in [-0.2, 0) is 21.6 Å². The molecule has 0 radical (unpaired) electrons. The summed E-state index contributed by atoms with van der Waals surface area (Å²) in [5.41, 5.74) is 4.15. The van der Waals surface area contributed by atoms with E-state index in [4.69, 9.17) is 7.58 Å². The molecule has 0 atom stereocenters. The standard InChI is InChI=1S/C22H30O3S.CH3.Al/c1-13-9-15(21(3,4)5)19(23)17(11-13)26(25)18-12-14(2)10-16(20(18)24)22(6,7)8;;/h9-12,23-24H,1-8H3;1H3;/q;;+2/p-2. The van der Waals surface area contributed by atoms with Gasteiger partial charge in [0.05, 0.1) is 20.6 Å². The van der Waals surface area contributed by atoms with Crippen molar-refractivity contribution in [1.82, 2.24) is 0 Å². The second-order valence-electron chi connectivity index (χ2n) is 9.85. The average Bonchev–Trinajstić information content (AvgIpc) is 2.53. The highest BCUT2D eigenvalue weighted by molar-refractivity contribution is 7.85. The zero-order valence-electron chi connectivity index (χ0n) is 18.5. The molecule has 2 aromatic rings. The van der Waals surface area contributed by atoms with Crippen LogP contribution < -0.4 is 7.58 Å². The van der Waals surface area contributed by atoms with Gasteiger partial charge in [0.25, 0.3) is 0 Å². The predicted octanol–water partition coefficient (Wildman–Crippen LogP) is 5.95. The molecule has 3 nitrogen and oxygen atoms in total. The molecule has 0 bridgehead atoms. The molecule has 28 heavy (non-hydrogen) atoms. The molecule has 1 heterocycles. The first-order valence-corrected chi connectivity index (χ1v) is 13.1. The van der Waals surface area contributed by atoms with Crippen molar-refractivity contribution in [3.63, 3.8) is 0 Å². The van der Waals surface area contributed by atoms with Crippen LogP contribution in [0.15, 0.2) is 34.1 Å². The maximum Gasteiger partial charge on any atom is 0.853 e. The summed E-state index contributed by atoms with van der Waals surface area (Å²) in [4.78, 5) is 1.53. The molecule has 0 aliphatic carbocycles. The van der Waals surface area contributed by atoms with Gasteiger partial charge in [-0.3, -0.25) is 0 Å². The third kappa shape index (κ3) is 4.03. The van der Waals surface area contributed by atoms with Crippen molar-refractivity contribution in [2.45, 2.75) is 81.8 Å². The summed E-state index contributed by atoms with van der Waals surface area (Å²) in [6.45, 7) is 17.1. The van der Waals surface area contributed by atoms with Gasteiger partial charge in [0.15, 0.2) is 0 Å². The maximum atomic E-state index is 13.8. The average molecular weight is 415 g/mol. The number of hydrogen-bond acceptors (Lipinski definition) is 3. The van der Waals surface area contributed by atoms with Crippen molar-refractivity contribution in [3.05, 3.63) is 46.5 Å². The molecule has 0 amide bonds. The minimum absolute atomic E-state index is 0.111. The lowest BCUT2D eigenvalue weighted by Crippen LogP contribution is -2.31. The van der Waals surface area contributed by atoms with E-state index >= 15 is 0 Å². The minimum Gasteiger partial charge on any atom is -0.611 e. The quantitative estimate of drug-likeness (QED) is 0.499. The molecule has 150 valence electrons. The van der Waals surface area contributed by atoms with E-state index in [0.29, 0.717) is 0 Å². The van der Waals surface area contributed by atoms with E-state index < -0.39 is 25.6 Å². The minimum atomic E-state index is -2.04. The molecule has 1 aliphatic heterocycles. The van der Waals surface area contributed by atoms with E-state index in [9.17, 15) is 4.21 Å². The van der Waals surface area contributed by atoms with Crippen LogP contribution in [0.25, 0.3) is 0 Å². The summed E-state index contributed by atoms with van der Waals surface area (Å²) < 4.78 is 26.6. The van der Waals surface area contributed by atoms with Crippen LogP contribution in [0.3, 0.4) is 0 Å². The Morgan fingerprint density at radius 3 is 1.43 bits per heavy atom. The SMILES string of the molecule is Cc1cc2c(c(C(C)(C)C)c1)[O][Al]([CH3])[O]c1c(cc(C)cc1C(C)(C)C)S2=O. The Kier molecular flexibility index (Phi) is 5.51. The van der Waals surface area contributed by atoms with Crippen LogP contribution in [0.4, 0.5) is 0 Å². The first kappa shape index (κ1) is 21.4. The third-order valence-corrected chi connectivity index (χ3v) is 7.52. The van der Waals surface area contributed by atoms with E-state index in [2.05, 4.69) is 67.5 Å². The van der Waals surface area contributed by atoms with Gasteiger partial charge in [-0.2, -0.15) is 0 Å². The number of benzene rings is 2. The molecule has 0 aromatic heterocycles. The largest absolute Gasteiger partial charge is 0.853 e. The summed E-state index contributed by atoms with van der Waals surface area (Å²) in [7, 11) is -1.37. The molecule has 2 aromatic carbocycles. The molecule has 0 N–H and O–H groups in total. The molecule has 0 saturated carbocycles. The van der Waals surface area contributed by atoms with E-state index in [1.54, 1.807) is 0 Å². The van der Waals surface area contributed by atoms with Crippen molar-refractivity contribution < 1.29 is 11.8 Å². The number of aryl methyl sites for hydroxylation is 2. The van der Waals surface area contributed by atoms with E-state index in [1.807, 2.05) is 17.9 Å². The van der Waals surface area contributed by atoms with Crippen LogP contribution in [0.5, 0.6) is 11.5 Å². The lowest BCUT2D eigenvalue weighted by Gasteiger charge is -2.32. The van der Waals surface area contributed by atoms with Gasteiger partial charge in [-0.15, -0.1) is 0 Å². The highest BCUT2D eigenvalue weighted by Gasteiger charge is 2.37. The van der Waals surface area contributed by atoms with Crippen molar-refractivity contribution in [1.29, 1.82) is 0 Å². The van der Waals surface area contributed by atoms with E-state index in [-0.39, 0.29) is 10.8 Å². The smallest absolute Gasteiger partial charge is 0.611 e. The molecule has 0 spiro atoms. The number of hydrogen-bond donors (Lipinski definition) is 0. The Balaban J connectivity index is 2.35. The summed E-state index contributed by atoms with van der Waals surface area (Å²) in [6.07, 6.45) is 0. The van der Waals surface area contributed by atoms with Gasteiger partial charge in [0.2, 0.25) is 0 Å². The second kappa shape index (κ2) is 7.20. The highest BCUT2D eigenvalue weighted by Crippen LogP contribution is 2.44. The van der Waals surface area contributed by atoms with E-state index in [1.165, 1.54) is 0 Å². The lowest BCUT2D eigenvalue weighted by atomic mass is 9.85. The van der Waals surface area contributed by atoms with Gasteiger partial charge in [-0.25, -0.2) is 4.21 Å². The Morgan fingerprint density at radius 1 is 0.750 bits per heavy atom. The summed E-state index contributed by atoms with van der Waals surface area (Å²) in [5.74, 6) is 3.54. The van der Waals surface area contributed by atoms with Crippen molar-refractivity contribution in [3.8, 4) is 11.5 Å². The highest BCUT2D eigenvalue weighted by atomic mass is 32.2. The molecular weight excluding hydrogens is 383 g/mol. The first-order valence-electron chi connectivity index (χ1n) is 9.84. The normalized spacial score (nSPS) is 15.1. The summed E-state index contributed by atoms with van der Waals surface area (Å²) >= 11 is -2.04. The molecule has 0 saturated heterocycles. The zero-order chi connectivity index (χ0) is 21.0. The summed E-state index contributed by atoms with van der Waals surface area (Å²) in [6, 6.07) is 8.32. The third-order valence-electron chi connectivity index (χ3n) is 4.98. The van der Waals surface area contributed by atoms with Crippen molar-refractivity contribution >= 4 is 25.6 Å². The van der Waals surface area contributed by atoms with Gasteiger partial charge in [-0.1, -0.05) is 53.7 Å². The first-order chi connectivity index (χ1) is 12.8. The molecular formula is C23H31AlO3S. The molecule has 0 fully saturated rings. The molecule has 0 unspecified atom stereocenters. The Labute approximate surface area is 177 Å². The lowest BCUT2D eigenvalue weighted by molar-refractivity contribution is 0.396. The topological polar surface area (TPSA) is 35.5 Å². The monoisotopic (exact) mass is 414 g/mol. The van der Waals surface area contributed by atoms with Crippen LogP contribution in [0.1, 0.15) is 63.8 Å². The Bertz CT molecular complexity index is 876. The van der Waals surface area contributed by atoms with Crippen LogP contribution in [0.2, 0.25) is 5.79 Å². The maximum absolute atomic E-state index is 13.8. The van der Waals surface area contributed by atoms with Gasteiger partial charge in [-0.05, 0) is 64.8 Å². The van der Waals surface area contributed by atoms with Gasteiger partial charge in [0, 0.05) is 0 Å². The van der Waals surface area contributed by atoms with Gasteiger partial charge in [0.1, 0.15) is 11.5 Å². The molecule has 5 heteroatoms. The van der Waals surface area contributed by atoms with Crippen LogP contribution >= 0.6 is 0 Å². The molecule has 1 aliphatic rings. The fraction of sp³-hybridized carbons (Fsp3) is 0.478. The number of rotatable bonds is 0. The number of fused-ring (bicyclic) bond motifs is 2. The molecule has 3 rings (SSSR count). The van der Waals surface area contributed by atoms with Crippen LogP contribution in [0, 0.1) is 13.8 Å². The second-order valence-corrected chi connectivity index (χ2v) is 12.9. The van der Waals surface area contributed by atoms with Crippen molar-refractivity contribution in [2.24, 2.45) is 0 Å². The Hall–Kier alpha value is -1.28. The Morgan fingerprint density at radius 2 is 1.11 bits per heavy atom. The van der Waals surface area contributed by atoms with Gasteiger partial charge < -0.3 is 7.58 Å². The fourth-order valence-corrected chi connectivity index (χ4v) is 6.45. The fourth-order valence-electron chi connectivity index (χ4n) is 3.59. The van der Waals surface area contributed by atoms with E-state index in [0.717, 1.165) is 43.5 Å². The summed E-state index contributed by atoms with van der Waals surface area (Å²) in [5, 5.41) is 0. The zero-order valence-corrected chi connectivity index (χ0v) is 20.5. The van der Waals surface area contributed by atoms with Crippen molar-refractivity contribution in [2.75, 3.05) is 0 Å². The van der Waals surface area contributed by atoms with Gasteiger partial charge >= 0.3 is 14.8 Å². The predicted molar refractivity (Wildman–Crippen MR) is 117 cm³/mol. The van der Waals surface area contributed by atoms with Crippen LogP contribution in [-0.4, -0.2) is 19.0 Å².